The van der Waals surface area contributed by atoms with Crippen LogP contribution in [0.4, 0.5) is 5.69 Å². The summed E-state index contributed by atoms with van der Waals surface area (Å²) in [6.07, 6.45) is 0. The molecule has 0 radical (unpaired) electrons. The molecule has 1 aromatic carbocycles. The molecule has 1 heterocycles. The van der Waals surface area contributed by atoms with Crippen molar-refractivity contribution in [1.29, 1.82) is 0 Å². The molecule has 2 rings (SSSR count). The van der Waals surface area contributed by atoms with E-state index in [1.807, 2.05) is 0 Å². The molecule has 0 bridgehead atoms. The third-order valence-corrected chi connectivity index (χ3v) is 3.52. The largest absolute Gasteiger partial charge is 0.495 e. The molecule has 0 aliphatic heterocycles. The van der Waals surface area contributed by atoms with Gasteiger partial charge in [-0.1, -0.05) is 11.6 Å². The number of halogens is 1. The summed E-state index contributed by atoms with van der Waals surface area (Å²) in [5.41, 5.74) is 6.73. The Morgan fingerprint density at radius 3 is 2.65 bits per heavy atom. The maximum atomic E-state index is 12.1. The van der Waals surface area contributed by atoms with Crippen LogP contribution in [0.2, 0.25) is 4.34 Å². The Bertz CT molecular complexity index is 565. The van der Waals surface area contributed by atoms with Gasteiger partial charge >= 0.3 is 0 Å². The number of hydrogen-bond donors (Lipinski definition) is 1. The van der Waals surface area contributed by atoms with Crippen molar-refractivity contribution in [2.45, 2.75) is 0 Å². The van der Waals surface area contributed by atoms with E-state index in [4.69, 9.17) is 22.1 Å². The van der Waals surface area contributed by atoms with Crippen molar-refractivity contribution in [2.24, 2.45) is 0 Å². The summed E-state index contributed by atoms with van der Waals surface area (Å²) in [5.74, 6) is 0.474. The lowest BCUT2D eigenvalue weighted by Crippen LogP contribution is -2.01. The Morgan fingerprint density at radius 1 is 1.35 bits per heavy atom. The second-order valence-corrected chi connectivity index (χ2v) is 5.10. The van der Waals surface area contributed by atoms with Gasteiger partial charge in [-0.15, -0.1) is 11.3 Å². The average Bonchev–Trinajstić information content (AvgIpc) is 2.75. The van der Waals surface area contributed by atoms with Crippen molar-refractivity contribution in [3.8, 4) is 5.75 Å². The number of thiophene rings is 1. The van der Waals surface area contributed by atoms with E-state index in [-0.39, 0.29) is 5.78 Å². The Kier molecular flexibility index (Phi) is 3.36. The normalized spacial score (nSPS) is 10.2. The number of methoxy groups -OCH3 is 1. The fourth-order valence-electron chi connectivity index (χ4n) is 1.45. The van der Waals surface area contributed by atoms with Crippen LogP contribution in [-0.4, -0.2) is 12.9 Å². The van der Waals surface area contributed by atoms with E-state index in [2.05, 4.69) is 0 Å². The van der Waals surface area contributed by atoms with Crippen molar-refractivity contribution >= 4 is 34.4 Å². The standard InChI is InChI=1S/C12H10ClNO2S/c1-16-9-3-2-7(6-8(9)14)12(15)10-4-5-11(13)17-10/h2-6H,14H2,1H3. The highest BCUT2D eigenvalue weighted by Crippen LogP contribution is 2.27. The number of nitrogens with two attached hydrogens (primary N) is 1. The number of anilines is 1. The van der Waals surface area contributed by atoms with Gasteiger partial charge in [0.2, 0.25) is 5.78 Å². The number of rotatable bonds is 3. The molecular weight excluding hydrogens is 258 g/mol. The topological polar surface area (TPSA) is 52.3 Å². The van der Waals surface area contributed by atoms with E-state index in [1.54, 1.807) is 30.3 Å². The van der Waals surface area contributed by atoms with Gasteiger partial charge in [0.1, 0.15) is 5.75 Å². The number of ketones is 1. The van der Waals surface area contributed by atoms with Crippen LogP contribution < -0.4 is 10.5 Å². The average molecular weight is 268 g/mol. The molecule has 17 heavy (non-hydrogen) atoms. The first-order chi connectivity index (χ1) is 8.11. The zero-order valence-electron chi connectivity index (χ0n) is 9.07. The van der Waals surface area contributed by atoms with Crippen LogP contribution in [0.3, 0.4) is 0 Å². The van der Waals surface area contributed by atoms with Crippen LogP contribution >= 0.6 is 22.9 Å². The van der Waals surface area contributed by atoms with Gasteiger partial charge in [-0.25, -0.2) is 0 Å². The highest BCUT2D eigenvalue weighted by Gasteiger charge is 2.13. The lowest BCUT2D eigenvalue weighted by Gasteiger charge is -2.05. The molecule has 0 saturated carbocycles. The fourth-order valence-corrected chi connectivity index (χ4v) is 2.46. The van der Waals surface area contributed by atoms with Crippen molar-refractivity contribution in [1.82, 2.24) is 0 Å². The number of carbonyl (C=O) groups is 1. The predicted octanol–water partition coefficient (Wildman–Crippen LogP) is 3.22. The Hall–Kier alpha value is -1.52. The summed E-state index contributed by atoms with van der Waals surface area (Å²) in [5, 5.41) is 0. The monoisotopic (exact) mass is 267 g/mol. The number of carbonyl (C=O) groups excluding carboxylic acids is 1. The SMILES string of the molecule is COc1ccc(C(=O)c2ccc(Cl)s2)cc1N. The lowest BCUT2D eigenvalue weighted by molar-refractivity contribution is 0.104. The first kappa shape index (κ1) is 12.0. The van der Waals surface area contributed by atoms with Gasteiger partial charge in [0.15, 0.2) is 0 Å². The third-order valence-electron chi connectivity index (χ3n) is 2.29. The van der Waals surface area contributed by atoms with Crippen molar-refractivity contribution in [3.63, 3.8) is 0 Å². The summed E-state index contributed by atoms with van der Waals surface area (Å²) < 4.78 is 5.63. The number of hydrogen-bond acceptors (Lipinski definition) is 4. The molecule has 0 spiro atoms. The zero-order chi connectivity index (χ0) is 12.4. The van der Waals surface area contributed by atoms with Crippen LogP contribution in [0.15, 0.2) is 30.3 Å². The minimum absolute atomic E-state index is 0.0868. The molecule has 1 aromatic heterocycles. The van der Waals surface area contributed by atoms with E-state index >= 15 is 0 Å². The maximum Gasteiger partial charge on any atom is 0.203 e. The molecule has 0 amide bonds. The highest BCUT2D eigenvalue weighted by molar-refractivity contribution is 7.18. The van der Waals surface area contributed by atoms with E-state index in [9.17, 15) is 4.79 Å². The quantitative estimate of drug-likeness (QED) is 0.686. The summed E-state index contributed by atoms with van der Waals surface area (Å²) in [4.78, 5) is 12.7. The second kappa shape index (κ2) is 4.77. The van der Waals surface area contributed by atoms with Crippen LogP contribution in [0, 0.1) is 0 Å². The second-order valence-electron chi connectivity index (χ2n) is 3.39. The molecule has 88 valence electrons. The lowest BCUT2D eigenvalue weighted by atomic mass is 10.1. The van der Waals surface area contributed by atoms with Crippen LogP contribution in [-0.2, 0) is 0 Å². The van der Waals surface area contributed by atoms with Crippen LogP contribution in [0.25, 0.3) is 0 Å². The molecule has 0 unspecified atom stereocenters. The van der Waals surface area contributed by atoms with Gasteiger partial charge in [0, 0.05) is 5.56 Å². The van der Waals surface area contributed by atoms with Crippen molar-refractivity contribution < 1.29 is 9.53 Å². The van der Waals surface area contributed by atoms with Crippen molar-refractivity contribution in [3.05, 3.63) is 45.1 Å². The van der Waals surface area contributed by atoms with Crippen molar-refractivity contribution in [2.75, 3.05) is 12.8 Å². The van der Waals surface area contributed by atoms with Crippen LogP contribution in [0.5, 0.6) is 5.75 Å². The van der Waals surface area contributed by atoms with Gasteiger partial charge in [0.05, 0.1) is 22.0 Å². The van der Waals surface area contributed by atoms with Gasteiger partial charge in [-0.3, -0.25) is 4.79 Å². The van der Waals surface area contributed by atoms with Gasteiger partial charge in [-0.05, 0) is 30.3 Å². The maximum absolute atomic E-state index is 12.1. The Labute approximate surface area is 108 Å². The predicted molar refractivity (Wildman–Crippen MR) is 70.2 cm³/mol. The van der Waals surface area contributed by atoms with Crippen LogP contribution in [0.1, 0.15) is 15.2 Å². The summed E-state index contributed by atoms with van der Waals surface area (Å²) in [6, 6.07) is 8.37. The first-order valence-electron chi connectivity index (χ1n) is 4.85. The third kappa shape index (κ3) is 2.43. The smallest absolute Gasteiger partial charge is 0.203 e. The summed E-state index contributed by atoms with van der Waals surface area (Å²) in [6.45, 7) is 0. The first-order valence-corrected chi connectivity index (χ1v) is 6.05. The summed E-state index contributed by atoms with van der Waals surface area (Å²) >= 11 is 7.04. The van der Waals surface area contributed by atoms with Gasteiger partial charge in [0.25, 0.3) is 0 Å². The molecule has 0 saturated heterocycles. The number of nitrogen functional groups attached to an aromatic ring is 1. The molecular formula is C12H10ClNO2S. The number of benzene rings is 1. The molecule has 0 aliphatic carbocycles. The van der Waals surface area contributed by atoms with E-state index < -0.39 is 0 Å². The molecule has 2 aromatic rings. The van der Waals surface area contributed by atoms with E-state index in [1.165, 1.54) is 18.4 Å². The Morgan fingerprint density at radius 2 is 2.12 bits per heavy atom. The molecule has 0 atom stereocenters. The van der Waals surface area contributed by atoms with E-state index in [0.29, 0.717) is 26.2 Å². The minimum Gasteiger partial charge on any atom is -0.495 e. The molecule has 0 aliphatic rings. The molecule has 2 N–H and O–H groups in total. The molecule has 0 fully saturated rings. The van der Waals surface area contributed by atoms with Gasteiger partial charge in [-0.2, -0.15) is 0 Å². The fraction of sp³-hybridized carbons (Fsp3) is 0.0833. The molecule has 5 heteroatoms. The van der Waals surface area contributed by atoms with E-state index in [0.717, 1.165) is 0 Å². The number of ether oxygens (including phenoxy) is 1. The highest BCUT2D eigenvalue weighted by atomic mass is 35.5. The zero-order valence-corrected chi connectivity index (χ0v) is 10.6. The molecule has 3 nitrogen and oxygen atoms in total. The summed E-state index contributed by atoms with van der Waals surface area (Å²) in [7, 11) is 1.53. The minimum atomic E-state index is -0.0868. The van der Waals surface area contributed by atoms with Gasteiger partial charge < -0.3 is 10.5 Å². The Balaban J connectivity index is 2.35.